The van der Waals surface area contributed by atoms with Crippen LogP contribution in [0.5, 0.6) is 5.75 Å². The van der Waals surface area contributed by atoms with E-state index >= 15 is 8.78 Å². The van der Waals surface area contributed by atoms with Crippen molar-refractivity contribution in [3.63, 3.8) is 0 Å². The molecule has 0 saturated carbocycles. The molecule has 3 saturated heterocycles. The summed E-state index contributed by atoms with van der Waals surface area (Å²) in [5.41, 5.74) is -2.17. The fourth-order valence-electron chi connectivity index (χ4n) is 7.69. The van der Waals surface area contributed by atoms with Crippen LogP contribution in [0.25, 0.3) is 0 Å². The van der Waals surface area contributed by atoms with Gasteiger partial charge in [-0.1, -0.05) is 23.7 Å². The third-order valence-corrected chi connectivity index (χ3v) is 13.2. The quantitative estimate of drug-likeness (QED) is 0.113. The molecule has 4 aromatic rings. The van der Waals surface area contributed by atoms with Gasteiger partial charge < -0.3 is 34.2 Å². The van der Waals surface area contributed by atoms with Crippen LogP contribution in [0.4, 0.5) is 43.3 Å². The first-order valence-corrected chi connectivity index (χ1v) is 21.4. The summed E-state index contributed by atoms with van der Waals surface area (Å²) in [6.45, 7) is -14.4. The van der Waals surface area contributed by atoms with Crippen molar-refractivity contribution in [2.75, 3.05) is 87.4 Å². The van der Waals surface area contributed by atoms with Gasteiger partial charge in [0, 0.05) is 83.5 Å². The van der Waals surface area contributed by atoms with E-state index in [1.165, 1.54) is 27.5 Å². The summed E-state index contributed by atoms with van der Waals surface area (Å²) in [6.07, 6.45) is 1.32. The number of anilines is 6. The lowest BCUT2D eigenvalue weighted by Crippen LogP contribution is -2.54. The van der Waals surface area contributed by atoms with E-state index in [1.807, 2.05) is 10.2 Å². The molecule has 3 N–H and O–H groups in total. The van der Waals surface area contributed by atoms with Crippen molar-refractivity contribution in [3.05, 3.63) is 82.5 Å². The highest BCUT2D eigenvalue weighted by molar-refractivity contribution is 7.62. The van der Waals surface area contributed by atoms with Crippen LogP contribution in [-0.2, 0) is 23.2 Å². The minimum Gasteiger partial charge on any atom is -0.494 e. The summed E-state index contributed by atoms with van der Waals surface area (Å²) in [5, 5.41) is 8.51. The molecule has 0 bridgehead atoms. The summed E-state index contributed by atoms with van der Waals surface area (Å²) >= 11 is 6.45. The van der Waals surface area contributed by atoms with Gasteiger partial charge in [-0.15, -0.1) is 0 Å². The third kappa shape index (κ3) is 8.67. The topological polar surface area (TPSA) is 188 Å². The number of nitrogens with zero attached hydrogens (tertiary/aromatic N) is 6. The normalized spacial score (nSPS) is 23.8. The number of piperazine rings is 1. The maximum atomic E-state index is 16.6. The van der Waals surface area contributed by atoms with Crippen LogP contribution in [0.3, 0.4) is 0 Å². The second-order valence-corrected chi connectivity index (χ2v) is 17.2. The Labute approximate surface area is 377 Å². The molecular formula is C42H45ClF2N9O8P. The number of rotatable bonds is 13. The average Bonchev–Trinajstić information content (AvgIpc) is 3.57. The molecular weight excluding hydrogens is 863 g/mol. The van der Waals surface area contributed by atoms with Crippen LogP contribution < -0.4 is 35.8 Å². The molecule has 4 aliphatic heterocycles. The second-order valence-electron chi connectivity index (χ2n) is 14.6. The fourth-order valence-corrected chi connectivity index (χ4v) is 9.06. The zero-order valence-corrected chi connectivity index (χ0v) is 35.5. The van der Waals surface area contributed by atoms with Crippen LogP contribution >= 0.6 is 19.2 Å². The molecule has 3 fully saturated rings. The molecule has 4 aliphatic rings. The number of nitrogens with one attached hydrogen (secondary N) is 3. The lowest BCUT2D eigenvalue weighted by atomic mass is 9.95. The third-order valence-electron chi connectivity index (χ3n) is 10.9. The van der Waals surface area contributed by atoms with E-state index in [0.29, 0.717) is 51.8 Å². The first kappa shape index (κ1) is 34.7. The minimum atomic E-state index is -3.75. The molecule has 1 aromatic heterocycles. The van der Waals surface area contributed by atoms with Crippen LogP contribution in [0.15, 0.2) is 54.7 Å². The number of hydrogen-bond acceptors (Lipinski definition) is 15. The molecule has 0 aliphatic carbocycles. The van der Waals surface area contributed by atoms with Gasteiger partial charge >= 0.3 is 7.60 Å². The molecule has 3 aromatic carbocycles. The standard InChI is InChI=1S/C42H45ClF2N9O8P/c1-60-32-20-25(8-9-29(32)48-42-46-22-27(43)38(50-42)47-30-6-4-5-7-33(30)63(59,61-2)62-3)52-14-12-24(13-15-52)23-51-16-18-53(19-17-51)37-28(44)21-26-35(36(37)45)41(58)54(40(26)57)31-10-11-34(55)49-39(31)56/h4-9,20-22,24,31H,10-19,23H2,1-3H3,(H,49,55,56)(H2,46,47,48,50)/i16D2,17D2,18D2,19D2. The molecule has 4 amide bonds. The van der Waals surface area contributed by atoms with Gasteiger partial charge in [0.2, 0.25) is 17.8 Å². The van der Waals surface area contributed by atoms with E-state index in [1.54, 1.807) is 42.5 Å². The Balaban J connectivity index is 0.973. The van der Waals surface area contributed by atoms with Gasteiger partial charge in [0.25, 0.3) is 11.8 Å². The van der Waals surface area contributed by atoms with E-state index in [4.69, 9.17) is 36.4 Å². The molecule has 5 heterocycles. The highest BCUT2D eigenvalue weighted by Gasteiger charge is 2.47. The Bertz CT molecular complexity index is 2870. The number of para-hydroxylation sites is 1. The molecule has 332 valence electrons. The van der Waals surface area contributed by atoms with Gasteiger partial charge in [-0.2, -0.15) is 4.98 Å². The number of ether oxygens (including phenoxy) is 1. The van der Waals surface area contributed by atoms with Crippen LogP contribution in [0.1, 0.15) is 57.4 Å². The lowest BCUT2D eigenvalue weighted by molar-refractivity contribution is -0.136. The largest absolute Gasteiger partial charge is 0.494 e. The molecule has 21 heteroatoms. The summed E-state index contributed by atoms with van der Waals surface area (Å²) in [5.74, 6) is -8.20. The predicted octanol–water partition coefficient (Wildman–Crippen LogP) is 5.46. The smallest absolute Gasteiger partial charge is 0.362 e. The van der Waals surface area contributed by atoms with Gasteiger partial charge in [-0.05, 0) is 55.5 Å². The fraction of sp³-hybridized carbons (Fsp3) is 0.381. The van der Waals surface area contributed by atoms with Crippen molar-refractivity contribution in [2.24, 2.45) is 5.92 Å². The SMILES string of the molecule is [2H]C1([2H])N(CC2CCN(c3ccc(Nc4ncc(Cl)c(Nc5ccccc5P(=O)(OC)OC)n4)c(OC)c3)CC2)C([2H])([2H])C([2H])([2H])N(c2c(F)cc3c(c2F)C(=O)N(C2CCC(=O)NC2=O)C3=O)C1([2H])[2H]. The summed E-state index contributed by atoms with van der Waals surface area (Å²) in [7, 11) is 0.312. The number of methoxy groups -OCH3 is 1. The maximum Gasteiger partial charge on any atom is 0.362 e. The minimum absolute atomic E-state index is 0.115. The number of halogens is 3. The van der Waals surface area contributed by atoms with Crippen molar-refractivity contribution in [3.8, 4) is 5.75 Å². The Hall–Kier alpha value is -5.72. The zero-order chi connectivity index (χ0) is 51.7. The Morgan fingerprint density at radius 2 is 1.65 bits per heavy atom. The Kier molecular flexibility index (Phi) is 10.0. The average molecular weight is 916 g/mol. The molecule has 0 radical (unpaired) electrons. The maximum absolute atomic E-state index is 16.6. The van der Waals surface area contributed by atoms with E-state index in [9.17, 15) is 23.7 Å². The van der Waals surface area contributed by atoms with Crippen LogP contribution in [0.2, 0.25) is 5.02 Å². The summed E-state index contributed by atoms with van der Waals surface area (Å²) in [4.78, 5) is 62.3. The highest BCUT2D eigenvalue weighted by atomic mass is 35.5. The van der Waals surface area contributed by atoms with Crippen molar-refractivity contribution in [1.82, 2.24) is 25.1 Å². The molecule has 0 spiro atoms. The Morgan fingerprint density at radius 3 is 2.35 bits per heavy atom. The molecule has 17 nitrogen and oxygen atoms in total. The number of imide groups is 2. The lowest BCUT2D eigenvalue weighted by Gasteiger charge is -2.40. The number of fused-ring (bicyclic) bond motifs is 1. The molecule has 1 atom stereocenters. The van der Waals surface area contributed by atoms with Gasteiger partial charge in [-0.25, -0.2) is 13.8 Å². The summed E-state index contributed by atoms with van der Waals surface area (Å²) in [6, 6.07) is 10.6. The predicted molar refractivity (Wildman–Crippen MR) is 231 cm³/mol. The van der Waals surface area contributed by atoms with Gasteiger partial charge in [0.05, 0.1) is 46.6 Å². The molecule has 1 unspecified atom stereocenters. The second kappa shape index (κ2) is 18.2. The van der Waals surface area contributed by atoms with Gasteiger partial charge in [0.1, 0.15) is 28.3 Å². The zero-order valence-electron chi connectivity index (χ0n) is 41.8. The first-order chi connectivity index (χ1) is 33.3. The van der Waals surface area contributed by atoms with E-state index < -0.39 is 104 Å². The summed E-state index contributed by atoms with van der Waals surface area (Å²) < 4.78 is 134. The van der Waals surface area contributed by atoms with Crippen LogP contribution in [-0.4, -0.2) is 116 Å². The Morgan fingerprint density at radius 1 is 0.921 bits per heavy atom. The number of hydrogen-bond donors (Lipinski definition) is 3. The van der Waals surface area contributed by atoms with Gasteiger partial charge in [0.15, 0.2) is 11.6 Å². The monoisotopic (exact) mass is 915 g/mol. The van der Waals surface area contributed by atoms with E-state index in [0.717, 1.165) is 0 Å². The van der Waals surface area contributed by atoms with Crippen LogP contribution in [0, 0.1) is 17.6 Å². The van der Waals surface area contributed by atoms with E-state index in [-0.39, 0.29) is 52.7 Å². The van der Waals surface area contributed by atoms with Crippen molar-refractivity contribution < 1.29 is 57.3 Å². The number of piperidine rings is 2. The number of benzene rings is 3. The molecule has 8 rings (SSSR count). The van der Waals surface area contributed by atoms with Crippen molar-refractivity contribution in [2.45, 2.75) is 31.7 Å². The first-order valence-electron chi connectivity index (χ1n) is 23.5. The number of carbonyl (C=O) groups excluding carboxylic acids is 4. The highest BCUT2D eigenvalue weighted by Crippen LogP contribution is 2.47. The number of carbonyl (C=O) groups is 4. The van der Waals surface area contributed by atoms with Crippen molar-refractivity contribution in [1.29, 1.82) is 0 Å². The van der Waals surface area contributed by atoms with Gasteiger partial charge in [-0.3, -0.25) is 38.9 Å². The number of aromatic nitrogens is 2. The van der Waals surface area contributed by atoms with Crippen molar-refractivity contribution >= 4 is 82.6 Å². The number of amides is 4. The van der Waals surface area contributed by atoms with E-state index in [2.05, 4.69) is 20.6 Å². The molecule has 63 heavy (non-hydrogen) atoms.